The number of hydrogen-bond donors (Lipinski definition) is 2. The van der Waals surface area contributed by atoms with E-state index in [9.17, 15) is 9.50 Å². The molecule has 1 aliphatic carbocycles. The number of piperazine rings is 1. The van der Waals surface area contributed by atoms with Crippen molar-refractivity contribution in [2.45, 2.75) is 74.8 Å². The summed E-state index contributed by atoms with van der Waals surface area (Å²) in [7, 11) is 1.66. The number of aromatic hydroxyl groups is 1. The Morgan fingerprint density at radius 3 is 2.74 bits per heavy atom. The Hall–Kier alpha value is -3.08. The van der Waals surface area contributed by atoms with Crippen molar-refractivity contribution >= 4 is 16.7 Å². The third kappa shape index (κ3) is 4.25. The van der Waals surface area contributed by atoms with Gasteiger partial charge in [0.2, 0.25) is 0 Å². The van der Waals surface area contributed by atoms with Gasteiger partial charge in [-0.25, -0.2) is 8.78 Å². The molecule has 2 N–H and O–H groups in total. The van der Waals surface area contributed by atoms with E-state index in [-0.39, 0.29) is 35.5 Å². The summed E-state index contributed by atoms with van der Waals surface area (Å²) in [5.74, 6) is 0.302. The molecule has 5 heterocycles. The molecule has 1 unspecified atom stereocenters. The number of anilines is 1. The molecule has 0 saturated carbocycles. The number of nitrogens with zero attached hydrogens (tertiary/aromatic N) is 4. The molecule has 4 aliphatic heterocycles. The van der Waals surface area contributed by atoms with Crippen LogP contribution in [0.25, 0.3) is 22.0 Å². The second-order valence-electron chi connectivity index (χ2n) is 12.9. The summed E-state index contributed by atoms with van der Waals surface area (Å²) in [4.78, 5) is 14.0. The van der Waals surface area contributed by atoms with Gasteiger partial charge in [0.05, 0.1) is 11.6 Å². The molecule has 3 aromatic rings. The lowest BCUT2D eigenvalue weighted by Gasteiger charge is -2.34. The van der Waals surface area contributed by atoms with Gasteiger partial charge in [0.25, 0.3) is 0 Å². The number of rotatable bonds is 6. The summed E-state index contributed by atoms with van der Waals surface area (Å²) >= 11 is 0. The molecule has 5 aliphatic rings. The van der Waals surface area contributed by atoms with Crippen molar-refractivity contribution in [1.29, 1.82) is 0 Å². The first-order valence-electron chi connectivity index (χ1n) is 15.3. The van der Waals surface area contributed by atoms with E-state index < -0.39 is 12.0 Å². The summed E-state index contributed by atoms with van der Waals surface area (Å²) in [5, 5.41) is 14.8. The number of hydrogen-bond acceptors (Lipinski definition) is 8. The molecule has 0 amide bonds. The molecule has 4 saturated heterocycles. The van der Waals surface area contributed by atoms with E-state index in [2.05, 4.69) is 20.1 Å². The third-order valence-corrected chi connectivity index (χ3v) is 10.3. The monoisotopic (exact) mass is 577 g/mol. The summed E-state index contributed by atoms with van der Waals surface area (Å²) < 4.78 is 43.2. The van der Waals surface area contributed by atoms with E-state index in [1.165, 1.54) is 0 Å². The van der Waals surface area contributed by atoms with Crippen molar-refractivity contribution in [2.75, 3.05) is 44.8 Å². The van der Waals surface area contributed by atoms with E-state index in [1.807, 2.05) is 6.07 Å². The Bertz CT molecular complexity index is 1540. The maximum atomic E-state index is 16.7. The van der Waals surface area contributed by atoms with Crippen LogP contribution in [0.1, 0.15) is 55.8 Å². The van der Waals surface area contributed by atoms with Crippen molar-refractivity contribution in [3.63, 3.8) is 0 Å². The number of benzene rings is 2. The van der Waals surface area contributed by atoms with Crippen LogP contribution in [0.15, 0.2) is 24.3 Å². The number of methoxy groups -OCH3 is 1. The zero-order chi connectivity index (χ0) is 28.6. The van der Waals surface area contributed by atoms with Gasteiger partial charge in [0.1, 0.15) is 29.9 Å². The van der Waals surface area contributed by atoms with Crippen molar-refractivity contribution in [1.82, 2.24) is 20.2 Å². The average molecular weight is 578 g/mol. The molecule has 2 bridgehead atoms. The minimum absolute atomic E-state index is 0.104. The van der Waals surface area contributed by atoms with Crippen LogP contribution in [-0.4, -0.2) is 83.7 Å². The third-order valence-electron chi connectivity index (χ3n) is 10.3. The standard InChI is InChI=1S/C32H37F2N5O3/c1-41-26-8-3-18-11-22(40)12-25(27(18)26)23-6-7-24-29(28(23)34)36-31(37-30(24)38-15-20-4-5-21(16-38)35-20)42-17-32-9-2-10-39(32)14-19(33)13-32/h6-7,11-12,19-21,26,35,40H,2-5,8-10,13-17H2,1H3/t19-,20-,21+,26?,32+/m1/s1. The molecule has 0 spiro atoms. The molecule has 10 heteroatoms. The molecule has 0 radical (unpaired) electrons. The second kappa shape index (κ2) is 9.99. The number of ether oxygens (including phenoxy) is 2. The molecule has 8 rings (SSSR count). The molecule has 42 heavy (non-hydrogen) atoms. The lowest BCUT2D eigenvalue weighted by molar-refractivity contribution is 0.105. The summed E-state index contributed by atoms with van der Waals surface area (Å²) in [6, 6.07) is 7.90. The highest BCUT2D eigenvalue weighted by Gasteiger charge is 2.49. The Morgan fingerprint density at radius 1 is 1.10 bits per heavy atom. The molecular weight excluding hydrogens is 540 g/mol. The number of phenolic OH excluding ortho intramolecular Hbond substituents is 1. The Labute approximate surface area is 244 Å². The van der Waals surface area contributed by atoms with Crippen molar-refractivity contribution in [3.05, 3.63) is 41.2 Å². The van der Waals surface area contributed by atoms with Crippen LogP contribution in [0.5, 0.6) is 11.8 Å². The van der Waals surface area contributed by atoms with Crippen LogP contribution in [0.3, 0.4) is 0 Å². The Kier molecular flexibility index (Phi) is 6.31. The Balaban J connectivity index is 1.23. The van der Waals surface area contributed by atoms with Crippen LogP contribution in [-0.2, 0) is 11.2 Å². The summed E-state index contributed by atoms with van der Waals surface area (Å²) in [6.45, 7) is 3.14. The van der Waals surface area contributed by atoms with E-state index in [0.717, 1.165) is 69.3 Å². The number of aromatic nitrogens is 2. The normalized spacial score (nSPS) is 30.3. The highest BCUT2D eigenvalue weighted by atomic mass is 19.1. The number of fused-ring (bicyclic) bond motifs is 5. The van der Waals surface area contributed by atoms with Crippen LogP contribution in [0.2, 0.25) is 0 Å². The van der Waals surface area contributed by atoms with Gasteiger partial charge in [-0.2, -0.15) is 9.97 Å². The quantitative estimate of drug-likeness (QED) is 0.438. The predicted molar refractivity (Wildman–Crippen MR) is 155 cm³/mol. The van der Waals surface area contributed by atoms with Gasteiger partial charge >= 0.3 is 6.01 Å². The first-order valence-corrected chi connectivity index (χ1v) is 15.3. The SMILES string of the molecule is COC1CCc2cc(O)cc(-c3ccc4c(N5C[C@H]6CC[C@@H](C5)N6)nc(OC[C@@]56CCCN5C[C@H](F)C6)nc4c3F)c21. The molecule has 5 atom stereocenters. The molecule has 1 aromatic heterocycles. The van der Waals surface area contributed by atoms with Crippen molar-refractivity contribution in [2.24, 2.45) is 0 Å². The van der Waals surface area contributed by atoms with E-state index >= 15 is 4.39 Å². The van der Waals surface area contributed by atoms with Gasteiger partial charge in [-0.3, -0.25) is 4.90 Å². The molecule has 8 nitrogen and oxygen atoms in total. The highest BCUT2D eigenvalue weighted by molar-refractivity contribution is 5.94. The number of alkyl halides is 1. The first-order chi connectivity index (χ1) is 20.4. The Morgan fingerprint density at radius 2 is 1.93 bits per heavy atom. The van der Waals surface area contributed by atoms with Crippen molar-refractivity contribution < 1.29 is 23.4 Å². The van der Waals surface area contributed by atoms with Crippen LogP contribution < -0.4 is 15.0 Å². The molecular formula is C32H37F2N5O3. The predicted octanol–water partition coefficient (Wildman–Crippen LogP) is 4.67. The largest absolute Gasteiger partial charge is 0.508 e. The van der Waals surface area contributed by atoms with Gasteiger partial charge < -0.3 is 24.8 Å². The van der Waals surface area contributed by atoms with E-state index in [4.69, 9.17) is 14.5 Å². The van der Waals surface area contributed by atoms with Crippen molar-refractivity contribution in [3.8, 4) is 22.9 Å². The summed E-state index contributed by atoms with van der Waals surface area (Å²) in [6.07, 6.45) is 5.06. The molecule has 4 fully saturated rings. The average Bonchev–Trinajstić information content (AvgIpc) is 3.73. The number of aryl methyl sites for hydroxylation is 1. The van der Waals surface area contributed by atoms with Crippen LogP contribution in [0, 0.1) is 5.82 Å². The van der Waals surface area contributed by atoms with Gasteiger partial charge in [-0.05, 0) is 80.0 Å². The highest BCUT2D eigenvalue weighted by Crippen LogP contribution is 2.45. The van der Waals surface area contributed by atoms with Gasteiger partial charge in [-0.1, -0.05) is 6.07 Å². The zero-order valence-corrected chi connectivity index (χ0v) is 23.9. The minimum Gasteiger partial charge on any atom is -0.508 e. The van der Waals surface area contributed by atoms with E-state index in [1.54, 1.807) is 25.3 Å². The fourth-order valence-corrected chi connectivity index (χ4v) is 8.43. The maximum absolute atomic E-state index is 16.7. The number of phenols is 1. The summed E-state index contributed by atoms with van der Waals surface area (Å²) in [5.41, 5.74) is 2.72. The zero-order valence-electron chi connectivity index (χ0n) is 23.9. The smallest absolute Gasteiger partial charge is 0.319 e. The van der Waals surface area contributed by atoms with Crippen LogP contribution in [0.4, 0.5) is 14.6 Å². The van der Waals surface area contributed by atoms with Gasteiger partial charge in [0, 0.05) is 56.2 Å². The maximum Gasteiger partial charge on any atom is 0.319 e. The minimum atomic E-state index is -0.863. The fraction of sp³-hybridized carbons (Fsp3) is 0.562. The first kappa shape index (κ1) is 26.5. The lowest BCUT2D eigenvalue weighted by Crippen LogP contribution is -2.51. The van der Waals surface area contributed by atoms with E-state index in [0.29, 0.717) is 47.4 Å². The topological polar surface area (TPSA) is 83.0 Å². The van der Waals surface area contributed by atoms with Gasteiger partial charge in [-0.15, -0.1) is 0 Å². The molecule has 222 valence electrons. The lowest BCUT2D eigenvalue weighted by atomic mass is 9.94. The second-order valence-corrected chi connectivity index (χ2v) is 12.9. The number of halogens is 2. The fourth-order valence-electron chi connectivity index (χ4n) is 8.43. The number of nitrogens with one attached hydrogen (secondary N) is 1. The van der Waals surface area contributed by atoms with Gasteiger partial charge in [0.15, 0.2) is 5.82 Å². The molecule has 2 aromatic carbocycles. The van der Waals surface area contributed by atoms with Crippen LogP contribution >= 0.6 is 0 Å².